The van der Waals surface area contributed by atoms with Crippen molar-refractivity contribution in [2.45, 2.75) is 26.4 Å². The van der Waals surface area contributed by atoms with Crippen LogP contribution in [0.5, 0.6) is 0 Å². The summed E-state index contributed by atoms with van der Waals surface area (Å²) in [7, 11) is 0. The first kappa shape index (κ1) is 17.3. The largest absolute Gasteiger partial charge is 0.370 e. The first-order valence-electron chi connectivity index (χ1n) is 8.48. The fourth-order valence-electron chi connectivity index (χ4n) is 2.83. The van der Waals surface area contributed by atoms with E-state index in [0.717, 1.165) is 30.2 Å². The van der Waals surface area contributed by atoms with Gasteiger partial charge in [0.2, 0.25) is 5.91 Å². The SMILES string of the molecule is CC(=O)N1CCO[C@H](c2cc(NCCc3ccccn3)nc(C)n2)C1. The van der Waals surface area contributed by atoms with Gasteiger partial charge in [0, 0.05) is 44.4 Å². The van der Waals surface area contributed by atoms with Crippen LogP contribution in [0.2, 0.25) is 0 Å². The summed E-state index contributed by atoms with van der Waals surface area (Å²) in [5.41, 5.74) is 1.84. The van der Waals surface area contributed by atoms with Gasteiger partial charge in [-0.05, 0) is 19.1 Å². The van der Waals surface area contributed by atoms with Crippen molar-refractivity contribution in [1.82, 2.24) is 19.9 Å². The Morgan fingerprint density at radius 1 is 1.40 bits per heavy atom. The van der Waals surface area contributed by atoms with Crippen LogP contribution >= 0.6 is 0 Å². The molecule has 2 aromatic heterocycles. The van der Waals surface area contributed by atoms with Gasteiger partial charge in [0.05, 0.1) is 18.8 Å². The third-order valence-electron chi connectivity index (χ3n) is 4.11. The van der Waals surface area contributed by atoms with E-state index in [9.17, 15) is 4.79 Å². The minimum Gasteiger partial charge on any atom is -0.370 e. The first-order valence-corrected chi connectivity index (χ1v) is 8.48. The zero-order valence-corrected chi connectivity index (χ0v) is 14.6. The van der Waals surface area contributed by atoms with Crippen LogP contribution in [0, 0.1) is 6.92 Å². The van der Waals surface area contributed by atoms with Crippen LogP contribution < -0.4 is 5.32 Å². The molecule has 0 saturated carbocycles. The zero-order valence-electron chi connectivity index (χ0n) is 14.6. The van der Waals surface area contributed by atoms with Crippen LogP contribution in [0.25, 0.3) is 0 Å². The van der Waals surface area contributed by atoms with E-state index in [4.69, 9.17) is 4.74 Å². The van der Waals surface area contributed by atoms with Crippen molar-refractivity contribution in [2.24, 2.45) is 0 Å². The number of nitrogens with one attached hydrogen (secondary N) is 1. The van der Waals surface area contributed by atoms with Gasteiger partial charge in [0.1, 0.15) is 17.7 Å². The molecule has 1 atom stereocenters. The van der Waals surface area contributed by atoms with E-state index in [1.807, 2.05) is 31.2 Å². The van der Waals surface area contributed by atoms with Crippen molar-refractivity contribution in [2.75, 3.05) is 31.6 Å². The summed E-state index contributed by atoms with van der Waals surface area (Å²) in [6.45, 7) is 5.86. The third-order valence-corrected chi connectivity index (χ3v) is 4.11. The van der Waals surface area contributed by atoms with E-state index in [1.165, 1.54) is 0 Å². The average Bonchev–Trinajstić information content (AvgIpc) is 2.62. The van der Waals surface area contributed by atoms with Crippen molar-refractivity contribution in [3.8, 4) is 0 Å². The third kappa shape index (κ3) is 4.73. The number of ether oxygens (including phenoxy) is 1. The number of aromatic nitrogens is 3. The molecule has 0 radical (unpaired) electrons. The Labute approximate surface area is 147 Å². The summed E-state index contributed by atoms with van der Waals surface area (Å²) >= 11 is 0. The maximum atomic E-state index is 11.6. The highest BCUT2D eigenvalue weighted by molar-refractivity contribution is 5.73. The highest BCUT2D eigenvalue weighted by Crippen LogP contribution is 2.22. The molecule has 3 heterocycles. The number of hydrogen-bond donors (Lipinski definition) is 1. The lowest BCUT2D eigenvalue weighted by Gasteiger charge is -2.32. The molecule has 1 amide bonds. The fourth-order valence-corrected chi connectivity index (χ4v) is 2.83. The lowest BCUT2D eigenvalue weighted by Crippen LogP contribution is -2.41. The van der Waals surface area contributed by atoms with E-state index >= 15 is 0 Å². The molecule has 7 nitrogen and oxygen atoms in total. The molecule has 3 rings (SSSR count). The minimum absolute atomic E-state index is 0.0628. The number of amides is 1. The van der Waals surface area contributed by atoms with Gasteiger partial charge in [-0.25, -0.2) is 9.97 Å². The summed E-state index contributed by atoms with van der Waals surface area (Å²) in [6, 6.07) is 7.80. The molecule has 25 heavy (non-hydrogen) atoms. The van der Waals surface area contributed by atoms with Crippen LogP contribution in [-0.4, -0.2) is 52.0 Å². The van der Waals surface area contributed by atoms with Crippen LogP contribution in [0.1, 0.15) is 30.2 Å². The van der Waals surface area contributed by atoms with Gasteiger partial charge >= 0.3 is 0 Å². The summed E-state index contributed by atoms with van der Waals surface area (Å²) in [4.78, 5) is 26.6. The number of rotatable bonds is 5. The summed E-state index contributed by atoms with van der Waals surface area (Å²) in [5.74, 6) is 1.51. The van der Waals surface area contributed by atoms with Crippen molar-refractivity contribution in [1.29, 1.82) is 0 Å². The molecule has 1 aliphatic rings. The van der Waals surface area contributed by atoms with Crippen LogP contribution in [-0.2, 0) is 16.0 Å². The number of nitrogens with zero attached hydrogens (tertiary/aromatic N) is 4. The predicted octanol–water partition coefficient (Wildman–Crippen LogP) is 1.75. The molecule has 1 saturated heterocycles. The Hall–Kier alpha value is -2.54. The Bertz CT molecular complexity index is 723. The minimum atomic E-state index is -0.212. The molecule has 2 aromatic rings. The van der Waals surface area contributed by atoms with Gasteiger partial charge in [-0.3, -0.25) is 9.78 Å². The Balaban J connectivity index is 1.64. The maximum Gasteiger partial charge on any atom is 0.219 e. The fraction of sp³-hybridized carbons (Fsp3) is 0.444. The summed E-state index contributed by atoms with van der Waals surface area (Å²) < 4.78 is 5.81. The molecule has 1 fully saturated rings. The van der Waals surface area contributed by atoms with Crippen molar-refractivity contribution in [3.05, 3.63) is 47.7 Å². The average molecular weight is 341 g/mol. The lowest BCUT2D eigenvalue weighted by atomic mass is 10.2. The number of morpholine rings is 1. The van der Waals surface area contributed by atoms with E-state index in [2.05, 4.69) is 20.3 Å². The number of anilines is 1. The van der Waals surface area contributed by atoms with Crippen LogP contribution in [0.3, 0.4) is 0 Å². The molecular formula is C18H23N5O2. The second-order valence-corrected chi connectivity index (χ2v) is 6.05. The van der Waals surface area contributed by atoms with Crippen LogP contribution in [0.15, 0.2) is 30.5 Å². The van der Waals surface area contributed by atoms with E-state index in [0.29, 0.717) is 25.5 Å². The van der Waals surface area contributed by atoms with Crippen molar-refractivity contribution >= 4 is 11.7 Å². The van der Waals surface area contributed by atoms with Gasteiger partial charge in [-0.2, -0.15) is 0 Å². The predicted molar refractivity (Wildman–Crippen MR) is 94.1 cm³/mol. The van der Waals surface area contributed by atoms with Crippen molar-refractivity contribution < 1.29 is 9.53 Å². The molecule has 0 aliphatic carbocycles. The zero-order chi connectivity index (χ0) is 17.6. The van der Waals surface area contributed by atoms with E-state index in [-0.39, 0.29) is 12.0 Å². The lowest BCUT2D eigenvalue weighted by molar-refractivity contribution is -0.136. The molecule has 132 valence electrons. The second kappa shape index (κ2) is 8.02. The maximum absolute atomic E-state index is 11.6. The number of carbonyl (C=O) groups is 1. The van der Waals surface area contributed by atoms with Crippen molar-refractivity contribution in [3.63, 3.8) is 0 Å². The molecule has 1 N–H and O–H groups in total. The topological polar surface area (TPSA) is 80.2 Å². The molecule has 7 heteroatoms. The molecule has 0 aromatic carbocycles. The van der Waals surface area contributed by atoms with Gasteiger partial charge in [0.15, 0.2) is 0 Å². The number of pyridine rings is 1. The molecule has 1 aliphatic heterocycles. The Morgan fingerprint density at radius 3 is 3.04 bits per heavy atom. The van der Waals surface area contributed by atoms with E-state index < -0.39 is 0 Å². The highest BCUT2D eigenvalue weighted by Gasteiger charge is 2.25. The molecule has 0 bridgehead atoms. The monoisotopic (exact) mass is 341 g/mol. The number of aryl methyl sites for hydroxylation is 1. The van der Waals surface area contributed by atoms with Crippen LogP contribution in [0.4, 0.5) is 5.82 Å². The van der Waals surface area contributed by atoms with E-state index in [1.54, 1.807) is 18.0 Å². The molecule has 0 unspecified atom stereocenters. The standard InChI is InChI=1S/C18H23N5O2/c1-13-21-16(17-12-23(14(2)24)9-10-25-17)11-18(22-13)20-8-6-15-5-3-4-7-19-15/h3-5,7,11,17H,6,8-10,12H2,1-2H3,(H,20,21,22)/t17-/m0/s1. The smallest absolute Gasteiger partial charge is 0.219 e. The van der Waals surface area contributed by atoms with Gasteiger partial charge < -0.3 is 15.0 Å². The van der Waals surface area contributed by atoms with Gasteiger partial charge in [-0.1, -0.05) is 6.07 Å². The summed E-state index contributed by atoms with van der Waals surface area (Å²) in [5, 5.41) is 3.32. The first-order chi connectivity index (χ1) is 12.1. The quantitative estimate of drug-likeness (QED) is 0.892. The van der Waals surface area contributed by atoms with Gasteiger partial charge in [0.25, 0.3) is 0 Å². The number of hydrogen-bond acceptors (Lipinski definition) is 6. The second-order valence-electron chi connectivity index (χ2n) is 6.05. The molecule has 0 spiro atoms. The normalized spacial score (nSPS) is 17.4. The highest BCUT2D eigenvalue weighted by atomic mass is 16.5. The number of carbonyl (C=O) groups excluding carboxylic acids is 1. The van der Waals surface area contributed by atoms with Gasteiger partial charge in [-0.15, -0.1) is 0 Å². The Kier molecular flexibility index (Phi) is 5.55. The Morgan fingerprint density at radius 2 is 2.28 bits per heavy atom. The summed E-state index contributed by atoms with van der Waals surface area (Å²) in [6.07, 6.45) is 2.40. The molecular weight excluding hydrogens is 318 g/mol.